The van der Waals surface area contributed by atoms with Gasteiger partial charge in [0.05, 0.1) is 7.11 Å². The van der Waals surface area contributed by atoms with Gasteiger partial charge in [-0.05, 0) is 60.9 Å². The Hall–Kier alpha value is -3.38. The summed E-state index contributed by atoms with van der Waals surface area (Å²) >= 11 is 0. The van der Waals surface area contributed by atoms with Gasteiger partial charge in [0.1, 0.15) is 11.5 Å². The van der Waals surface area contributed by atoms with Crippen molar-refractivity contribution >= 4 is 5.91 Å². The average Bonchev–Trinajstić information content (AvgIpc) is 2.81. The minimum absolute atomic E-state index is 0.0980. The number of ether oxygens (including phenoxy) is 2. The molecular weight excluding hydrogens is 407 g/mol. The number of hydrogen-bond acceptors (Lipinski definition) is 4. The highest BCUT2D eigenvalue weighted by molar-refractivity contribution is 5.94. The molecule has 1 aliphatic rings. The van der Waals surface area contributed by atoms with Gasteiger partial charge in [-0.2, -0.15) is 0 Å². The number of halogens is 1. The van der Waals surface area contributed by atoms with Gasteiger partial charge in [0.25, 0.3) is 5.91 Å². The lowest BCUT2D eigenvalue weighted by atomic mass is 10.0. The third kappa shape index (κ3) is 5.65. The second-order valence-electron chi connectivity index (χ2n) is 7.94. The van der Waals surface area contributed by atoms with Gasteiger partial charge in [-0.1, -0.05) is 30.3 Å². The van der Waals surface area contributed by atoms with Crippen LogP contribution in [0.25, 0.3) is 0 Å². The van der Waals surface area contributed by atoms with Crippen LogP contribution in [0.5, 0.6) is 17.2 Å². The summed E-state index contributed by atoms with van der Waals surface area (Å²) in [4.78, 5) is 15.0. The van der Waals surface area contributed by atoms with Crippen molar-refractivity contribution in [3.63, 3.8) is 0 Å². The lowest BCUT2D eigenvalue weighted by Crippen LogP contribution is -2.44. The summed E-state index contributed by atoms with van der Waals surface area (Å²) < 4.78 is 24.7. The van der Waals surface area contributed by atoms with Crippen LogP contribution in [-0.4, -0.2) is 37.0 Å². The summed E-state index contributed by atoms with van der Waals surface area (Å²) in [7, 11) is 1.46. The smallest absolute Gasteiger partial charge is 0.251 e. The third-order valence-corrected chi connectivity index (χ3v) is 5.62. The standard InChI is InChI=1S/C26H27FN2O3/c1-31-25-11-10-19(16-24(25)27)18-29-14-12-21(13-15-29)28-26(30)20-6-5-9-23(17-20)32-22-7-3-2-4-8-22/h2-11,16-17,21H,12-15,18H2,1H3,(H,28,30). The van der Waals surface area contributed by atoms with Gasteiger partial charge < -0.3 is 14.8 Å². The second-order valence-corrected chi connectivity index (χ2v) is 7.94. The number of amides is 1. The molecule has 3 aromatic carbocycles. The summed E-state index contributed by atoms with van der Waals surface area (Å²) in [5.74, 6) is 1.18. The van der Waals surface area contributed by atoms with Crippen molar-refractivity contribution in [3.05, 3.63) is 89.7 Å². The molecule has 3 aromatic rings. The molecule has 0 aliphatic carbocycles. The first-order chi connectivity index (χ1) is 15.6. The summed E-state index contributed by atoms with van der Waals surface area (Å²) in [6.45, 7) is 2.37. The molecule has 6 heteroatoms. The number of piperidine rings is 1. The predicted molar refractivity (Wildman–Crippen MR) is 122 cm³/mol. The van der Waals surface area contributed by atoms with Crippen molar-refractivity contribution in [2.45, 2.75) is 25.4 Å². The van der Waals surface area contributed by atoms with E-state index in [9.17, 15) is 9.18 Å². The normalized spacial score (nSPS) is 14.7. The molecule has 1 N–H and O–H groups in total. The molecule has 0 spiro atoms. The van der Waals surface area contributed by atoms with Crippen LogP contribution < -0.4 is 14.8 Å². The van der Waals surface area contributed by atoms with E-state index in [0.717, 1.165) is 37.2 Å². The van der Waals surface area contributed by atoms with E-state index in [0.29, 0.717) is 17.9 Å². The fraction of sp³-hybridized carbons (Fsp3) is 0.269. The molecule has 0 saturated carbocycles. The van der Waals surface area contributed by atoms with E-state index in [1.807, 2.05) is 48.5 Å². The minimum atomic E-state index is -0.342. The lowest BCUT2D eigenvalue weighted by molar-refractivity contribution is 0.0908. The SMILES string of the molecule is COc1ccc(CN2CCC(NC(=O)c3cccc(Oc4ccccc4)c3)CC2)cc1F. The number of likely N-dealkylation sites (tertiary alicyclic amines) is 1. The number of nitrogens with zero attached hydrogens (tertiary/aromatic N) is 1. The molecular formula is C26H27FN2O3. The first kappa shape index (κ1) is 21.8. The Morgan fingerprint density at radius 3 is 2.47 bits per heavy atom. The molecule has 0 unspecified atom stereocenters. The van der Waals surface area contributed by atoms with Gasteiger partial charge in [-0.25, -0.2) is 4.39 Å². The molecule has 0 bridgehead atoms. The molecule has 5 nitrogen and oxygen atoms in total. The largest absolute Gasteiger partial charge is 0.494 e. The Morgan fingerprint density at radius 1 is 1.00 bits per heavy atom. The minimum Gasteiger partial charge on any atom is -0.494 e. The Labute approximate surface area is 187 Å². The van der Waals surface area contributed by atoms with Crippen LogP contribution in [0.2, 0.25) is 0 Å². The molecule has 1 saturated heterocycles. The Kier molecular flexibility index (Phi) is 7.02. The molecule has 1 aliphatic heterocycles. The molecule has 166 valence electrons. The maximum absolute atomic E-state index is 13.9. The van der Waals surface area contributed by atoms with Crippen LogP contribution in [0, 0.1) is 5.82 Å². The maximum Gasteiger partial charge on any atom is 0.251 e. The molecule has 32 heavy (non-hydrogen) atoms. The van der Waals surface area contributed by atoms with E-state index in [1.165, 1.54) is 13.2 Å². The molecule has 4 rings (SSSR count). The van der Waals surface area contributed by atoms with Crippen LogP contribution in [0.3, 0.4) is 0 Å². The Balaban J connectivity index is 1.28. The van der Waals surface area contributed by atoms with E-state index in [1.54, 1.807) is 18.2 Å². The number of methoxy groups -OCH3 is 1. The van der Waals surface area contributed by atoms with Crippen molar-refractivity contribution < 1.29 is 18.7 Å². The van der Waals surface area contributed by atoms with E-state index in [-0.39, 0.29) is 23.5 Å². The quantitative estimate of drug-likeness (QED) is 0.567. The monoisotopic (exact) mass is 434 g/mol. The van der Waals surface area contributed by atoms with E-state index < -0.39 is 0 Å². The van der Waals surface area contributed by atoms with Gasteiger partial charge >= 0.3 is 0 Å². The molecule has 0 aromatic heterocycles. The first-order valence-corrected chi connectivity index (χ1v) is 10.8. The number of carbonyl (C=O) groups excluding carboxylic acids is 1. The number of para-hydroxylation sites is 1. The highest BCUT2D eigenvalue weighted by atomic mass is 19.1. The van der Waals surface area contributed by atoms with Crippen molar-refractivity contribution in [1.82, 2.24) is 10.2 Å². The van der Waals surface area contributed by atoms with E-state index in [4.69, 9.17) is 9.47 Å². The summed E-state index contributed by atoms with van der Waals surface area (Å²) in [6, 6.07) is 21.9. The topological polar surface area (TPSA) is 50.8 Å². The van der Waals surface area contributed by atoms with Gasteiger partial charge in [0, 0.05) is 31.2 Å². The van der Waals surface area contributed by atoms with Gasteiger partial charge in [0.15, 0.2) is 11.6 Å². The zero-order chi connectivity index (χ0) is 22.3. The van der Waals surface area contributed by atoms with Gasteiger partial charge in [-0.3, -0.25) is 9.69 Å². The number of benzene rings is 3. The fourth-order valence-electron chi connectivity index (χ4n) is 3.90. The third-order valence-electron chi connectivity index (χ3n) is 5.62. The fourth-order valence-corrected chi connectivity index (χ4v) is 3.90. The molecule has 1 heterocycles. The lowest BCUT2D eigenvalue weighted by Gasteiger charge is -2.32. The van der Waals surface area contributed by atoms with Crippen molar-refractivity contribution in [2.24, 2.45) is 0 Å². The molecule has 0 radical (unpaired) electrons. The highest BCUT2D eigenvalue weighted by Crippen LogP contribution is 2.23. The van der Waals surface area contributed by atoms with Crippen LogP contribution in [0.15, 0.2) is 72.8 Å². The van der Waals surface area contributed by atoms with Gasteiger partial charge in [0.2, 0.25) is 0 Å². The zero-order valence-electron chi connectivity index (χ0n) is 18.1. The highest BCUT2D eigenvalue weighted by Gasteiger charge is 2.21. The zero-order valence-corrected chi connectivity index (χ0v) is 18.1. The number of carbonyl (C=O) groups is 1. The Bertz CT molecular complexity index is 1050. The van der Waals surface area contributed by atoms with E-state index in [2.05, 4.69) is 10.2 Å². The van der Waals surface area contributed by atoms with Gasteiger partial charge in [-0.15, -0.1) is 0 Å². The number of nitrogens with one attached hydrogen (secondary N) is 1. The van der Waals surface area contributed by atoms with Crippen LogP contribution in [-0.2, 0) is 6.54 Å². The Morgan fingerprint density at radius 2 is 1.75 bits per heavy atom. The second kappa shape index (κ2) is 10.3. The number of rotatable bonds is 7. The van der Waals surface area contributed by atoms with Crippen LogP contribution >= 0.6 is 0 Å². The van der Waals surface area contributed by atoms with Crippen LogP contribution in [0.1, 0.15) is 28.8 Å². The van der Waals surface area contributed by atoms with Crippen molar-refractivity contribution in [1.29, 1.82) is 0 Å². The average molecular weight is 435 g/mol. The van der Waals surface area contributed by atoms with Crippen LogP contribution in [0.4, 0.5) is 4.39 Å². The molecule has 1 amide bonds. The molecule has 1 fully saturated rings. The maximum atomic E-state index is 13.9. The summed E-state index contributed by atoms with van der Waals surface area (Å²) in [6.07, 6.45) is 1.70. The van der Waals surface area contributed by atoms with Crippen molar-refractivity contribution in [2.75, 3.05) is 20.2 Å². The summed E-state index contributed by atoms with van der Waals surface area (Å²) in [5.41, 5.74) is 1.50. The predicted octanol–water partition coefficient (Wildman–Crippen LogP) is 5.02. The molecule has 0 atom stereocenters. The first-order valence-electron chi connectivity index (χ1n) is 10.8. The summed E-state index contributed by atoms with van der Waals surface area (Å²) in [5, 5.41) is 3.14. The van der Waals surface area contributed by atoms with E-state index >= 15 is 0 Å². The van der Waals surface area contributed by atoms with Crippen molar-refractivity contribution in [3.8, 4) is 17.2 Å². The number of hydrogen-bond donors (Lipinski definition) is 1.